The third kappa shape index (κ3) is 3.01. The van der Waals surface area contributed by atoms with Crippen LogP contribution in [0.2, 0.25) is 0 Å². The minimum atomic E-state index is 0.668. The van der Waals surface area contributed by atoms with Crippen molar-refractivity contribution in [3.8, 4) is 0 Å². The molecule has 3 unspecified atom stereocenters. The first-order valence-corrected chi connectivity index (χ1v) is 7.69. The van der Waals surface area contributed by atoms with Gasteiger partial charge in [-0.25, -0.2) is 0 Å². The van der Waals surface area contributed by atoms with Gasteiger partial charge in [-0.15, -0.1) is 0 Å². The molecule has 1 N–H and O–H groups in total. The molecule has 0 aliphatic carbocycles. The van der Waals surface area contributed by atoms with E-state index in [0.717, 1.165) is 31.6 Å². The van der Waals surface area contributed by atoms with E-state index in [1.165, 1.54) is 36.9 Å². The number of benzene rings is 1. The third-order valence-corrected chi connectivity index (χ3v) is 4.84. The third-order valence-electron chi connectivity index (χ3n) is 4.84. The maximum Gasteiger partial charge on any atom is 0.0497 e. The molecule has 2 saturated heterocycles. The van der Waals surface area contributed by atoms with Gasteiger partial charge < -0.3 is 10.1 Å². The van der Waals surface area contributed by atoms with Crippen LogP contribution in [0.5, 0.6) is 0 Å². The molecule has 2 heterocycles. The molecule has 1 aromatic rings. The fourth-order valence-corrected chi connectivity index (χ4v) is 3.73. The lowest BCUT2D eigenvalue weighted by atomic mass is 9.72. The van der Waals surface area contributed by atoms with Gasteiger partial charge in [-0.3, -0.25) is 0 Å². The Balaban J connectivity index is 1.78. The standard InChI is InChI=1S/C17H25NO/c1-13-4-6-14(7-5-13)17-11-18-9-8-16(17)15-3-2-10-19-12-15/h4-7,15-18H,2-3,8-12H2,1H3. The topological polar surface area (TPSA) is 21.3 Å². The van der Waals surface area contributed by atoms with Crippen LogP contribution < -0.4 is 5.32 Å². The molecule has 2 aliphatic heterocycles. The molecule has 0 amide bonds. The number of piperidine rings is 1. The normalized spacial score (nSPS) is 32.2. The maximum atomic E-state index is 5.72. The fourth-order valence-electron chi connectivity index (χ4n) is 3.73. The number of ether oxygens (including phenoxy) is 1. The van der Waals surface area contributed by atoms with Crippen molar-refractivity contribution < 1.29 is 4.74 Å². The van der Waals surface area contributed by atoms with Gasteiger partial charge in [0.2, 0.25) is 0 Å². The van der Waals surface area contributed by atoms with Crippen LogP contribution in [0.25, 0.3) is 0 Å². The summed E-state index contributed by atoms with van der Waals surface area (Å²) in [7, 11) is 0. The fraction of sp³-hybridized carbons (Fsp3) is 0.647. The lowest BCUT2D eigenvalue weighted by molar-refractivity contribution is 0.0185. The molecule has 2 fully saturated rings. The molecular weight excluding hydrogens is 234 g/mol. The van der Waals surface area contributed by atoms with Crippen LogP contribution in [0.3, 0.4) is 0 Å². The molecule has 2 aliphatic rings. The largest absolute Gasteiger partial charge is 0.381 e. The van der Waals surface area contributed by atoms with Crippen LogP contribution in [0.1, 0.15) is 36.3 Å². The summed E-state index contributed by atoms with van der Waals surface area (Å²) >= 11 is 0. The highest BCUT2D eigenvalue weighted by atomic mass is 16.5. The predicted molar refractivity (Wildman–Crippen MR) is 78.4 cm³/mol. The van der Waals surface area contributed by atoms with Gasteiger partial charge in [0, 0.05) is 19.8 Å². The highest BCUT2D eigenvalue weighted by Gasteiger charge is 2.33. The Morgan fingerprint density at radius 1 is 1.16 bits per heavy atom. The van der Waals surface area contributed by atoms with E-state index >= 15 is 0 Å². The molecule has 0 spiro atoms. The van der Waals surface area contributed by atoms with Crippen molar-refractivity contribution >= 4 is 0 Å². The second-order valence-electron chi connectivity index (χ2n) is 6.15. The predicted octanol–water partition coefficient (Wildman–Crippen LogP) is 3.11. The van der Waals surface area contributed by atoms with Gasteiger partial charge in [0.15, 0.2) is 0 Å². The first kappa shape index (κ1) is 13.1. The Hall–Kier alpha value is -0.860. The minimum Gasteiger partial charge on any atom is -0.381 e. The summed E-state index contributed by atoms with van der Waals surface area (Å²) in [5.74, 6) is 2.23. The molecular formula is C17H25NO. The van der Waals surface area contributed by atoms with Crippen LogP contribution in [-0.2, 0) is 4.74 Å². The number of nitrogens with one attached hydrogen (secondary N) is 1. The van der Waals surface area contributed by atoms with Crippen LogP contribution >= 0.6 is 0 Å². The summed E-state index contributed by atoms with van der Waals surface area (Å²) < 4.78 is 5.72. The maximum absolute atomic E-state index is 5.72. The molecule has 19 heavy (non-hydrogen) atoms. The quantitative estimate of drug-likeness (QED) is 0.881. The van der Waals surface area contributed by atoms with E-state index in [2.05, 4.69) is 36.5 Å². The second-order valence-corrected chi connectivity index (χ2v) is 6.15. The lowest BCUT2D eigenvalue weighted by Gasteiger charge is -2.39. The van der Waals surface area contributed by atoms with E-state index in [4.69, 9.17) is 4.74 Å². The summed E-state index contributed by atoms with van der Waals surface area (Å²) in [6.45, 7) is 6.41. The zero-order valence-electron chi connectivity index (χ0n) is 11.9. The van der Waals surface area contributed by atoms with Crippen LogP contribution in [-0.4, -0.2) is 26.3 Å². The van der Waals surface area contributed by atoms with Crippen LogP contribution in [0.4, 0.5) is 0 Å². The average molecular weight is 259 g/mol. The van der Waals surface area contributed by atoms with Gasteiger partial charge in [-0.2, -0.15) is 0 Å². The van der Waals surface area contributed by atoms with Crippen LogP contribution in [0.15, 0.2) is 24.3 Å². The molecule has 0 saturated carbocycles. The SMILES string of the molecule is Cc1ccc(C2CNCCC2C2CCCOC2)cc1. The molecule has 104 valence electrons. The highest BCUT2D eigenvalue weighted by molar-refractivity contribution is 5.26. The Morgan fingerprint density at radius 3 is 2.74 bits per heavy atom. The highest BCUT2D eigenvalue weighted by Crippen LogP contribution is 2.38. The van der Waals surface area contributed by atoms with Gasteiger partial charge in [0.1, 0.15) is 0 Å². The van der Waals surface area contributed by atoms with Crippen LogP contribution in [0, 0.1) is 18.8 Å². The monoisotopic (exact) mass is 259 g/mol. The van der Waals surface area contributed by atoms with E-state index in [0.29, 0.717) is 5.92 Å². The van der Waals surface area contributed by atoms with Crippen molar-refractivity contribution in [3.05, 3.63) is 35.4 Å². The molecule has 1 aromatic carbocycles. The summed E-state index contributed by atoms with van der Waals surface area (Å²) in [6, 6.07) is 9.14. The van der Waals surface area contributed by atoms with Gasteiger partial charge in [0.25, 0.3) is 0 Å². The van der Waals surface area contributed by atoms with Crippen molar-refractivity contribution in [2.75, 3.05) is 26.3 Å². The van der Waals surface area contributed by atoms with E-state index < -0.39 is 0 Å². The number of aryl methyl sites for hydroxylation is 1. The van der Waals surface area contributed by atoms with Gasteiger partial charge in [-0.05, 0) is 56.0 Å². The van der Waals surface area contributed by atoms with Crippen molar-refractivity contribution in [2.45, 2.75) is 32.1 Å². The Morgan fingerprint density at radius 2 is 2.00 bits per heavy atom. The number of hydrogen-bond donors (Lipinski definition) is 1. The Bertz CT molecular complexity index is 394. The van der Waals surface area contributed by atoms with Gasteiger partial charge in [-0.1, -0.05) is 29.8 Å². The summed E-state index contributed by atoms with van der Waals surface area (Å²) in [4.78, 5) is 0. The molecule has 2 nitrogen and oxygen atoms in total. The Labute approximate surface area is 116 Å². The molecule has 0 radical (unpaired) electrons. The molecule has 3 atom stereocenters. The molecule has 2 heteroatoms. The van der Waals surface area contributed by atoms with E-state index in [9.17, 15) is 0 Å². The smallest absolute Gasteiger partial charge is 0.0497 e. The van der Waals surface area contributed by atoms with E-state index in [1.807, 2.05) is 0 Å². The molecule has 3 rings (SSSR count). The average Bonchev–Trinajstić information content (AvgIpc) is 2.49. The van der Waals surface area contributed by atoms with Crippen molar-refractivity contribution in [1.29, 1.82) is 0 Å². The lowest BCUT2D eigenvalue weighted by Crippen LogP contribution is -2.40. The van der Waals surface area contributed by atoms with Gasteiger partial charge in [0.05, 0.1) is 0 Å². The van der Waals surface area contributed by atoms with Crippen molar-refractivity contribution in [3.63, 3.8) is 0 Å². The molecule has 0 aromatic heterocycles. The summed E-state index contributed by atoms with van der Waals surface area (Å²) in [6.07, 6.45) is 3.90. The Kier molecular flexibility index (Phi) is 4.19. The number of rotatable bonds is 2. The van der Waals surface area contributed by atoms with Crippen molar-refractivity contribution in [1.82, 2.24) is 5.32 Å². The zero-order chi connectivity index (χ0) is 13.1. The first-order valence-electron chi connectivity index (χ1n) is 7.69. The van der Waals surface area contributed by atoms with E-state index in [-0.39, 0.29) is 0 Å². The molecule has 0 bridgehead atoms. The van der Waals surface area contributed by atoms with Gasteiger partial charge >= 0.3 is 0 Å². The summed E-state index contributed by atoms with van der Waals surface area (Å²) in [5.41, 5.74) is 2.86. The van der Waals surface area contributed by atoms with E-state index in [1.54, 1.807) is 0 Å². The first-order chi connectivity index (χ1) is 9.34. The minimum absolute atomic E-state index is 0.668. The second kappa shape index (κ2) is 6.06. The number of hydrogen-bond acceptors (Lipinski definition) is 2. The summed E-state index contributed by atoms with van der Waals surface area (Å²) in [5, 5.41) is 3.58. The van der Waals surface area contributed by atoms with Crippen molar-refractivity contribution in [2.24, 2.45) is 11.8 Å². The zero-order valence-corrected chi connectivity index (χ0v) is 11.9.